The predicted molar refractivity (Wildman–Crippen MR) is 127 cm³/mol. The fourth-order valence-corrected chi connectivity index (χ4v) is 5.48. The standard InChI is InChI=1S/C21H29N5O5S2/c1-13-9-26(10-14(2)31-13)11-18-12-32-21(23-18)24-20(28)15(3)25-33(29,30)19-7-5-17(6-8-19)22-16(4)27/h5-8,12-15,25H,9-11H2,1-4H3,(H,22,27)(H,23,24,28)/t13?,14?,15-/m0/s1. The minimum Gasteiger partial charge on any atom is -0.373 e. The normalized spacial score (nSPS) is 20.2. The fraction of sp³-hybridized carbons (Fsp3) is 0.476. The molecule has 180 valence electrons. The molecule has 10 nitrogen and oxygen atoms in total. The molecule has 1 aliphatic rings. The lowest BCUT2D eigenvalue weighted by Crippen LogP contribution is -2.44. The van der Waals surface area contributed by atoms with Crippen LogP contribution in [-0.4, -0.2) is 61.5 Å². The van der Waals surface area contributed by atoms with Gasteiger partial charge in [-0.05, 0) is 45.0 Å². The molecular weight excluding hydrogens is 466 g/mol. The van der Waals surface area contributed by atoms with E-state index in [4.69, 9.17) is 4.74 Å². The summed E-state index contributed by atoms with van der Waals surface area (Å²) in [5.41, 5.74) is 1.32. The first kappa shape index (κ1) is 25.2. The third kappa shape index (κ3) is 7.30. The van der Waals surface area contributed by atoms with Crippen molar-refractivity contribution in [3.05, 3.63) is 35.3 Å². The average Bonchev–Trinajstić information content (AvgIpc) is 3.13. The number of aromatic nitrogens is 1. The maximum Gasteiger partial charge on any atom is 0.244 e. The Morgan fingerprint density at radius 3 is 2.42 bits per heavy atom. The summed E-state index contributed by atoms with van der Waals surface area (Å²) in [6.45, 7) is 9.18. The number of hydrogen-bond acceptors (Lipinski definition) is 8. The highest BCUT2D eigenvalue weighted by Gasteiger charge is 2.24. The first-order valence-corrected chi connectivity index (χ1v) is 12.9. The van der Waals surface area contributed by atoms with Crippen molar-refractivity contribution in [3.8, 4) is 0 Å². The molecule has 3 atom stereocenters. The Bertz CT molecular complexity index is 1080. The highest BCUT2D eigenvalue weighted by molar-refractivity contribution is 7.89. The Hall–Kier alpha value is -2.38. The van der Waals surface area contributed by atoms with Crippen molar-refractivity contribution in [2.45, 2.75) is 57.4 Å². The molecule has 2 amide bonds. The van der Waals surface area contributed by atoms with Gasteiger partial charge in [-0.25, -0.2) is 13.4 Å². The Labute approximate surface area is 197 Å². The van der Waals surface area contributed by atoms with Crippen molar-refractivity contribution < 1.29 is 22.7 Å². The number of carbonyl (C=O) groups is 2. The van der Waals surface area contributed by atoms with E-state index in [1.165, 1.54) is 49.4 Å². The fourth-order valence-electron chi connectivity index (χ4n) is 3.57. The predicted octanol–water partition coefficient (Wildman–Crippen LogP) is 2.02. The summed E-state index contributed by atoms with van der Waals surface area (Å²) in [4.78, 5) is 30.3. The molecule has 0 bridgehead atoms. The number of nitrogens with one attached hydrogen (secondary N) is 3. The van der Waals surface area contributed by atoms with Crippen LogP contribution in [0.4, 0.5) is 10.8 Å². The number of thiazole rings is 1. The maximum absolute atomic E-state index is 12.6. The third-order valence-electron chi connectivity index (χ3n) is 4.87. The molecule has 33 heavy (non-hydrogen) atoms. The van der Waals surface area contributed by atoms with Crippen LogP contribution in [-0.2, 0) is 30.9 Å². The molecule has 1 aromatic heterocycles. The minimum atomic E-state index is -3.93. The van der Waals surface area contributed by atoms with Gasteiger partial charge >= 0.3 is 0 Å². The van der Waals surface area contributed by atoms with Gasteiger partial charge in [-0.2, -0.15) is 4.72 Å². The lowest BCUT2D eigenvalue weighted by molar-refractivity contribution is -0.117. The van der Waals surface area contributed by atoms with E-state index in [1.54, 1.807) is 0 Å². The van der Waals surface area contributed by atoms with E-state index in [9.17, 15) is 18.0 Å². The largest absolute Gasteiger partial charge is 0.373 e. The molecule has 0 saturated carbocycles. The van der Waals surface area contributed by atoms with E-state index >= 15 is 0 Å². The summed E-state index contributed by atoms with van der Waals surface area (Å²) in [5, 5.41) is 7.53. The molecule has 1 aromatic carbocycles. The van der Waals surface area contributed by atoms with Gasteiger partial charge in [0.1, 0.15) is 0 Å². The van der Waals surface area contributed by atoms with Gasteiger partial charge in [-0.3, -0.25) is 14.5 Å². The summed E-state index contributed by atoms with van der Waals surface area (Å²) < 4.78 is 33.3. The topological polar surface area (TPSA) is 130 Å². The molecule has 12 heteroatoms. The molecule has 2 heterocycles. The molecule has 1 fully saturated rings. The first-order chi connectivity index (χ1) is 15.5. The third-order valence-corrected chi connectivity index (χ3v) is 7.24. The maximum atomic E-state index is 12.6. The monoisotopic (exact) mass is 495 g/mol. The Balaban J connectivity index is 1.55. The van der Waals surface area contributed by atoms with Crippen LogP contribution < -0.4 is 15.4 Å². The van der Waals surface area contributed by atoms with Crippen molar-refractivity contribution in [2.24, 2.45) is 0 Å². The number of anilines is 2. The van der Waals surface area contributed by atoms with Crippen LogP contribution in [0.1, 0.15) is 33.4 Å². The molecule has 3 rings (SSSR count). The number of sulfonamides is 1. The number of carbonyl (C=O) groups excluding carboxylic acids is 2. The number of rotatable bonds is 8. The lowest BCUT2D eigenvalue weighted by Gasteiger charge is -2.34. The van der Waals surface area contributed by atoms with E-state index in [1.807, 2.05) is 19.2 Å². The molecule has 2 aromatic rings. The number of nitrogens with zero attached hydrogens (tertiary/aromatic N) is 2. The minimum absolute atomic E-state index is 0.0123. The molecule has 1 aliphatic heterocycles. The van der Waals surface area contributed by atoms with E-state index in [2.05, 4.69) is 25.2 Å². The average molecular weight is 496 g/mol. The number of benzene rings is 1. The smallest absolute Gasteiger partial charge is 0.244 e. The van der Waals surface area contributed by atoms with Gasteiger partial charge in [0.05, 0.1) is 28.8 Å². The SMILES string of the molecule is CC(=O)Nc1ccc(S(=O)(=O)N[C@@H](C)C(=O)Nc2nc(CN3CC(C)OC(C)C3)cs2)cc1. The molecule has 0 aliphatic carbocycles. The van der Waals surface area contributed by atoms with Gasteiger partial charge in [0, 0.05) is 37.6 Å². The highest BCUT2D eigenvalue weighted by Crippen LogP contribution is 2.20. The molecule has 2 unspecified atom stereocenters. The zero-order valence-corrected chi connectivity index (χ0v) is 20.6. The van der Waals surface area contributed by atoms with Gasteiger partial charge in [-0.15, -0.1) is 11.3 Å². The van der Waals surface area contributed by atoms with Crippen LogP contribution in [0.3, 0.4) is 0 Å². The van der Waals surface area contributed by atoms with Crippen LogP contribution in [0.25, 0.3) is 0 Å². The van der Waals surface area contributed by atoms with Gasteiger partial charge in [0.15, 0.2) is 5.13 Å². The first-order valence-electron chi connectivity index (χ1n) is 10.5. The van der Waals surface area contributed by atoms with E-state index in [0.29, 0.717) is 17.4 Å². The highest BCUT2D eigenvalue weighted by atomic mass is 32.2. The quantitative estimate of drug-likeness (QED) is 0.511. The van der Waals surface area contributed by atoms with Crippen LogP contribution in [0.2, 0.25) is 0 Å². The zero-order chi connectivity index (χ0) is 24.2. The number of hydrogen-bond donors (Lipinski definition) is 3. The molecule has 0 spiro atoms. The van der Waals surface area contributed by atoms with E-state index < -0.39 is 22.0 Å². The lowest BCUT2D eigenvalue weighted by atomic mass is 10.2. The van der Waals surface area contributed by atoms with E-state index in [-0.39, 0.29) is 23.0 Å². The van der Waals surface area contributed by atoms with Crippen molar-refractivity contribution in [3.63, 3.8) is 0 Å². The van der Waals surface area contributed by atoms with Crippen LogP contribution in [0, 0.1) is 0 Å². The van der Waals surface area contributed by atoms with Crippen molar-refractivity contribution in [1.29, 1.82) is 0 Å². The summed E-state index contributed by atoms with van der Waals surface area (Å²) in [6.07, 6.45) is 0.309. The summed E-state index contributed by atoms with van der Waals surface area (Å²) >= 11 is 1.29. The summed E-state index contributed by atoms with van der Waals surface area (Å²) in [5.74, 6) is -0.767. The van der Waals surface area contributed by atoms with E-state index in [0.717, 1.165) is 18.8 Å². The second kappa shape index (κ2) is 10.7. The Morgan fingerprint density at radius 2 is 1.82 bits per heavy atom. The number of morpholine rings is 1. The second-order valence-corrected chi connectivity index (χ2v) is 10.7. The van der Waals surface area contributed by atoms with Gasteiger partial charge in [-0.1, -0.05) is 0 Å². The van der Waals surface area contributed by atoms with Crippen LogP contribution >= 0.6 is 11.3 Å². The second-order valence-electron chi connectivity index (χ2n) is 8.13. The number of ether oxygens (including phenoxy) is 1. The Morgan fingerprint density at radius 1 is 1.18 bits per heavy atom. The summed E-state index contributed by atoms with van der Waals surface area (Å²) in [6, 6.07) is 4.66. The zero-order valence-electron chi connectivity index (χ0n) is 19.0. The van der Waals surface area contributed by atoms with Gasteiger partial charge in [0.2, 0.25) is 21.8 Å². The van der Waals surface area contributed by atoms with Gasteiger partial charge in [0.25, 0.3) is 0 Å². The van der Waals surface area contributed by atoms with Crippen LogP contribution in [0.15, 0.2) is 34.5 Å². The molecule has 0 radical (unpaired) electrons. The Kier molecular flexibility index (Phi) is 8.19. The molecule has 3 N–H and O–H groups in total. The molecular formula is C21H29N5O5S2. The van der Waals surface area contributed by atoms with Crippen LogP contribution in [0.5, 0.6) is 0 Å². The molecule has 1 saturated heterocycles. The number of amides is 2. The van der Waals surface area contributed by atoms with Crippen molar-refractivity contribution >= 4 is 44.0 Å². The van der Waals surface area contributed by atoms with Crippen molar-refractivity contribution in [2.75, 3.05) is 23.7 Å². The summed E-state index contributed by atoms with van der Waals surface area (Å²) in [7, 11) is -3.93. The van der Waals surface area contributed by atoms with Gasteiger partial charge < -0.3 is 15.4 Å². The van der Waals surface area contributed by atoms with Crippen molar-refractivity contribution in [1.82, 2.24) is 14.6 Å².